The Morgan fingerprint density at radius 1 is 1.25 bits per heavy atom. The van der Waals surface area contributed by atoms with Gasteiger partial charge in [0.15, 0.2) is 0 Å². The molecule has 2 heteroatoms. The van der Waals surface area contributed by atoms with Gasteiger partial charge in [0.2, 0.25) is 0 Å². The van der Waals surface area contributed by atoms with E-state index in [1.54, 1.807) is 0 Å². The Morgan fingerprint density at radius 3 is 2.25 bits per heavy atom. The van der Waals surface area contributed by atoms with Gasteiger partial charge in [-0.3, -0.25) is 4.90 Å². The molecule has 1 atom stereocenters. The molecule has 2 nitrogen and oxygen atoms in total. The van der Waals surface area contributed by atoms with Crippen LogP contribution >= 0.6 is 0 Å². The number of likely N-dealkylation sites (tertiary alicyclic amines) is 1. The third-order valence-corrected chi connectivity index (χ3v) is 2.67. The Bertz CT molecular complexity index is 117. The molecule has 72 valence electrons. The monoisotopic (exact) mass is 170 g/mol. The minimum absolute atomic E-state index is 0.646. The van der Waals surface area contributed by atoms with Crippen molar-refractivity contribution in [3.63, 3.8) is 0 Å². The number of hydrogen-bond donors (Lipinski definition) is 1. The second-order valence-electron chi connectivity index (χ2n) is 4.26. The van der Waals surface area contributed by atoms with Crippen LogP contribution in [0.25, 0.3) is 0 Å². The summed E-state index contributed by atoms with van der Waals surface area (Å²) in [5, 5.41) is 0. The van der Waals surface area contributed by atoms with Crippen LogP contribution in [-0.2, 0) is 0 Å². The van der Waals surface area contributed by atoms with Crippen LogP contribution in [-0.4, -0.2) is 30.6 Å². The molecule has 0 unspecified atom stereocenters. The van der Waals surface area contributed by atoms with Crippen molar-refractivity contribution in [1.82, 2.24) is 4.90 Å². The first-order valence-corrected chi connectivity index (χ1v) is 5.18. The summed E-state index contributed by atoms with van der Waals surface area (Å²) < 4.78 is 0. The summed E-state index contributed by atoms with van der Waals surface area (Å²) in [5.74, 6) is 0.777. The van der Waals surface area contributed by atoms with Gasteiger partial charge in [-0.25, -0.2) is 0 Å². The van der Waals surface area contributed by atoms with E-state index in [0.717, 1.165) is 12.5 Å². The lowest BCUT2D eigenvalue weighted by molar-refractivity contribution is 0.218. The second-order valence-corrected chi connectivity index (χ2v) is 4.26. The van der Waals surface area contributed by atoms with E-state index in [1.807, 2.05) is 0 Å². The number of hydrogen-bond acceptors (Lipinski definition) is 2. The lowest BCUT2D eigenvalue weighted by atomic mass is 10.0. The highest BCUT2D eigenvalue weighted by atomic mass is 15.2. The summed E-state index contributed by atoms with van der Waals surface area (Å²) in [7, 11) is 0. The summed E-state index contributed by atoms with van der Waals surface area (Å²) in [5.41, 5.74) is 5.76. The van der Waals surface area contributed by atoms with E-state index in [2.05, 4.69) is 18.7 Å². The van der Waals surface area contributed by atoms with Crippen LogP contribution < -0.4 is 5.73 Å². The van der Waals surface area contributed by atoms with Gasteiger partial charge in [-0.1, -0.05) is 13.8 Å². The van der Waals surface area contributed by atoms with Crippen molar-refractivity contribution in [1.29, 1.82) is 0 Å². The maximum absolute atomic E-state index is 5.76. The molecule has 0 aliphatic carbocycles. The molecule has 0 aromatic heterocycles. The Balaban J connectivity index is 2.32. The highest BCUT2D eigenvalue weighted by Crippen LogP contribution is 2.16. The highest BCUT2D eigenvalue weighted by molar-refractivity contribution is 4.77. The third kappa shape index (κ3) is 2.76. The first kappa shape index (κ1) is 10.0. The fourth-order valence-corrected chi connectivity index (χ4v) is 2.05. The normalized spacial score (nSPS) is 22.0. The average Bonchev–Trinajstić information content (AvgIpc) is 2.51. The van der Waals surface area contributed by atoms with Gasteiger partial charge in [0.05, 0.1) is 0 Å². The minimum Gasteiger partial charge on any atom is -0.329 e. The molecule has 0 spiro atoms. The second kappa shape index (κ2) is 4.83. The maximum atomic E-state index is 5.76. The fourth-order valence-electron chi connectivity index (χ4n) is 2.05. The number of nitrogens with zero attached hydrogens (tertiary/aromatic N) is 1. The lowest BCUT2D eigenvalue weighted by Crippen LogP contribution is -2.39. The average molecular weight is 170 g/mol. The van der Waals surface area contributed by atoms with Gasteiger partial charge in [-0.2, -0.15) is 0 Å². The molecule has 0 aromatic carbocycles. The molecule has 1 fully saturated rings. The van der Waals surface area contributed by atoms with Crippen molar-refractivity contribution >= 4 is 0 Å². The molecule has 0 radical (unpaired) electrons. The Labute approximate surface area is 76.1 Å². The summed E-state index contributed by atoms with van der Waals surface area (Å²) in [6.45, 7) is 7.93. The molecule has 1 heterocycles. The van der Waals surface area contributed by atoms with Crippen molar-refractivity contribution in [2.45, 2.75) is 39.2 Å². The summed E-state index contributed by atoms with van der Waals surface area (Å²) in [6.07, 6.45) is 4.00. The molecule has 0 aromatic rings. The van der Waals surface area contributed by atoms with Crippen LogP contribution in [0.3, 0.4) is 0 Å². The molecule has 0 saturated carbocycles. The van der Waals surface area contributed by atoms with Gasteiger partial charge < -0.3 is 5.73 Å². The van der Waals surface area contributed by atoms with Crippen molar-refractivity contribution in [2.24, 2.45) is 11.7 Å². The van der Waals surface area contributed by atoms with Crippen LogP contribution in [0, 0.1) is 5.92 Å². The van der Waals surface area contributed by atoms with E-state index in [1.165, 1.54) is 32.4 Å². The molecule has 0 amide bonds. The van der Waals surface area contributed by atoms with E-state index in [4.69, 9.17) is 5.73 Å². The zero-order valence-electron chi connectivity index (χ0n) is 8.42. The van der Waals surface area contributed by atoms with Crippen LogP contribution in [0.2, 0.25) is 0 Å². The van der Waals surface area contributed by atoms with E-state index >= 15 is 0 Å². The molecule has 1 rings (SSSR count). The number of nitrogens with two attached hydrogens (primary N) is 1. The van der Waals surface area contributed by atoms with Crippen molar-refractivity contribution in [3.8, 4) is 0 Å². The molecule has 2 N–H and O–H groups in total. The van der Waals surface area contributed by atoms with Crippen LogP contribution in [0.4, 0.5) is 0 Å². The van der Waals surface area contributed by atoms with Crippen molar-refractivity contribution in [3.05, 3.63) is 0 Å². The van der Waals surface area contributed by atoms with Crippen molar-refractivity contribution < 1.29 is 0 Å². The Morgan fingerprint density at radius 2 is 1.83 bits per heavy atom. The topological polar surface area (TPSA) is 29.3 Å². The first-order chi connectivity index (χ1) is 5.74. The summed E-state index contributed by atoms with van der Waals surface area (Å²) in [4.78, 5) is 2.56. The smallest absolute Gasteiger partial charge is 0.0220 e. The quantitative estimate of drug-likeness (QED) is 0.692. The summed E-state index contributed by atoms with van der Waals surface area (Å²) in [6, 6.07) is 0.646. The number of rotatable bonds is 4. The third-order valence-electron chi connectivity index (χ3n) is 2.67. The zero-order chi connectivity index (χ0) is 8.97. The maximum Gasteiger partial charge on any atom is 0.0220 e. The molecule has 0 bridgehead atoms. The van der Waals surface area contributed by atoms with Gasteiger partial charge in [0, 0.05) is 12.6 Å². The Hall–Kier alpha value is -0.0800. The van der Waals surface area contributed by atoms with Gasteiger partial charge in [0.1, 0.15) is 0 Å². The van der Waals surface area contributed by atoms with Gasteiger partial charge in [0.25, 0.3) is 0 Å². The zero-order valence-corrected chi connectivity index (χ0v) is 8.42. The van der Waals surface area contributed by atoms with E-state index in [-0.39, 0.29) is 0 Å². The molecular formula is C10H22N2. The van der Waals surface area contributed by atoms with Crippen LogP contribution in [0.1, 0.15) is 33.1 Å². The van der Waals surface area contributed by atoms with E-state index < -0.39 is 0 Å². The fraction of sp³-hybridized carbons (Fsp3) is 1.00. The van der Waals surface area contributed by atoms with Gasteiger partial charge in [-0.05, 0) is 38.3 Å². The predicted octanol–water partition coefficient (Wildman–Crippen LogP) is 1.46. The Kier molecular flexibility index (Phi) is 4.02. The molecule has 12 heavy (non-hydrogen) atoms. The first-order valence-electron chi connectivity index (χ1n) is 5.18. The van der Waals surface area contributed by atoms with Crippen molar-refractivity contribution in [2.75, 3.05) is 19.6 Å². The lowest BCUT2D eigenvalue weighted by Gasteiger charge is -2.27. The van der Waals surface area contributed by atoms with E-state index in [9.17, 15) is 0 Å². The highest BCUT2D eigenvalue weighted by Gasteiger charge is 2.20. The molecule has 1 saturated heterocycles. The van der Waals surface area contributed by atoms with E-state index in [0.29, 0.717) is 6.04 Å². The van der Waals surface area contributed by atoms with Gasteiger partial charge >= 0.3 is 0 Å². The minimum atomic E-state index is 0.646. The van der Waals surface area contributed by atoms with Crippen LogP contribution in [0.15, 0.2) is 0 Å². The van der Waals surface area contributed by atoms with Gasteiger partial charge in [-0.15, -0.1) is 0 Å². The SMILES string of the molecule is CC(C)C[C@@H](CN)N1CCCC1. The predicted molar refractivity (Wildman–Crippen MR) is 53.1 cm³/mol. The molecular weight excluding hydrogens is 148 g/mol. The van der Waals surface area contributed by atoms with Crippen LogP contribution in [0.5, 0.6) is 0 Å². The molecule has 1 aliphatic rings. The standard InChI is InChI=1S/C10H22N2/c1-9(2)7-10(8-11)12-5-3-4-6-12/h9-10H,3-8,11H2,1-2H3/t10-/m0/s1. The summed E-state index contributed by atoms with van der Waals surface area (Å²) >= 11 is 0. The largest absolute Gasteiger partial charge is 0.329 e. The molecule has 1 aliphatic heterocycles.